The number of fused-ring (bicyclic) bond motifs is 1. The van der Waals surface area contributed by atoms with Gasteiger partial charge in [0.25, 0.3) is 10.1 Å². The second kappa shape index (κ2) is 15.7. The molecule has 1 N–H and O–H groups in total. The van der Waals surface area contributed by atoms with Crippen molar-refractivity contribution in [3.05, 3.63) is 64.3 Å². The molecule has 224 valence electrons. The van der Waals surface area contributed by atoms with Gasteiger partial charge in [-0.15, -0.1) is 0 Å². The highest BCUT2D eigenvalue weighted by Gasteiger charge is 2.17. The smallest absolute Gasteiger partial charge is 0.345 e. The Balaban J connectivity index is 1.81. The Labute approximate surface area is 245 Å². The van der Waals surface area contributed by atoms with Gasteiger partial charge in [-0.1, -0.05) is 57.9 Å². The van der Waals surface area contributed by atoms with E-state index in [0.29, 0.717) is 24.1 Å². The molecular weight excluding hydrogens is 538 g/mol. The first-order valence-electron chi connectivity index (χ1n) is 14.7. The minimum atomic E-state index is -3.96. The minimum absolute atomic E-state index is 0.273. The highest BCUT2D eigenvalue weighted by molar-refractivity contribution is 7.85. The third kappa shape index (κ3) is 10.3. The molecule has 0 aliphatic rings. The monoisotopic (exact) mass is 584 g/mol. The largest absolute Gasteiger partial charge is 0.422 e. The molecule has 1 aromatic carbocycles. The van der Waals surface area contributed by atoms with Gasteiger partial charge >= 0.3 is 5.63 Å². The van der Waals surface area contributed by atoms with E-state index in [-0.39, 0.29) is 11.4 Å². The van der Waals surface area contributed by atoms with E-state index >= 15 is 0 Å². The van der Waals surface area contributed by atoms with E-state index in [0.717, 1.165) is 35.3 Å². The van der Waals surface area contributed by atoms with E-state index in [9.17, 15) is 13.2 Å². The molecule has 3 rings (SSSR count). The van der Waals surface area contributed by atoms with Crippen LogP contribution in [0.3, 0.4) is 0 Å². The summed E-state index contributed by atoms with van der Waals surface area (Å²) in [5.41, 5.74) is 3.45. The first kappa shape index (κ1) is 32.3. The fourth-order valence-electron chi connectivity index (χ4n) is 4.96. The Morgan fingerprint density at radius 2 is 1.56 bits per heavy atom. The van der Waals surface area contributed by atoms with Crippen LogP contribution in [0.15, 0.2) is 51.9 Å². The summed E-state index contributed by atoms with van der Waals surface area (Å²) in [6, 6.07) is 9.79. The first-order valence-corrected chi connectivity index (χ1v) is 16.3. The van der Waals surface area contributed by atoms with Crippen LogP contribution in [0, 0.1) is 0 Å². The number of nitrogens with zero attached hydrogens (tertiary/aromatic N) is 3. The maximum atomic E-state index is 13.3. The molecule has 0 spiro atoms. The summed E-state index contributed by atoms with van der Waals surface area (Å²) >= 11 is 0. The van der Waals surface area contributed by atoms with Gasteiger partial charge in [0.15, 0.2) is 12.4 Å². The number of hydrogen-bond donors (Lipinski definition) is 1. The SMILES string of the molecule is CCCCCCCCCCN(C)c1c(/C=C/c2cc[n+](CCCS(=O)(=O)O)cc2)c(=O)oc2cc(N(C)C)ccc12. The number of hydrogen-bond acceptors (Lipinski definition) is 6. The number of aryl methyl sites for hydroxylation is 1. The van der Waals surface area contributed by atoms with Crippen LogP contribution in [0.2, 0.25) is 0 Å². The molecule has 8 nitrogen and oxygen atoms in total. The van der Waals surface area contributed by atoms with Gasteiger partial charge in [-0.05, 0) is 30.2 Å². The van der Waals surface area contributed by atoms with Gasteiger partial charge in [0.1, 0.15) is 12.1 Å². The molecule has 41 heavy (non-hydrogen) atoms. The highest BCUT2D eigenvalue weighted by atomic mass is 32.2. The fourth-order valence-corrected chi connectivity index (χ4v) is 5.45. The lowest BCUT2D eigenvalue weighted by atomic mass is 10.1. The second-order valence-electron chi connectivity index (χ2n) is 11.0. The molecule has 0 atom stereocenters. The van der Waals surface area contributed by atoms with E-state index in [1.807, 2.05) is 85.5 Å². The molecule has 2 aromatic heterocycles. The Bertz CT molecular complexity index is 1450. The van der Waals surface area contributed by atoms with E-state index in [1.54, 1.807) is 0 Å². The van der Waals surface area contributed by atoms with E-state index < -0.39 is 10.1 Å². The molecule has 0 aliphatic heterocycles. The first-order chi connectivity index (χ1) is 19.6. The number of rotatable bonds is 17. The van der Waals surface area contributed by atoms with E-state index in [1.165, 1.54) is 44.9 Å². The standard InChI is InChI=1S/C32H45N3O5S/c1-5-6-7-8-9-10-11-12-20-34(4)31-28-17-15-27(33(2)3)25-30(28)40-32(36)29(31)16-14-26-18-22-35(23-19-26)21-13-24-41(37,38)39/h14-19,22-23,25H,5-13,20-21,24H2,1-4H3/p+1. The van der Waals surface area contributed by atoms with Crippen molar-refractivity contribution in [3.63, 3.8) is 0 Å². The predicted octanol–water partition coefficient (Wildman–Crippen LogP) is 6.17. The summed E-state index contributed by atoms with van der Waals surface area (Å²) in [5, 5.41) is 0.904. The second-order valence-corrected chi connectivity index (χ2v) is 12.5. The molecule has 0 amide bonds. The molecule has 0 bridgehead atoms. The van der Waals surface area contributed by atoms with Crippen LogP contribution >= 0.6 is 0 Å². The van der Waals surface area contributed by atoms with Gasteiger partial charge in [0.05, 0.1) is 17.0 Å². The molecular formula is C32H46N3O5S+. The van der Waals surface area contributed by atoms with Gasteiger partial charge in [0.2, 0.25) is 0 Å². The lowest BCUT2D eigenvalue weighted by Gasteiger charge is -2.23. The lowest BCUT2D eigenvalue weighted by Crippen LogP contribution is -2.33. The van der Waals surface area contributed by atoms with Crippen LogP contribution in [0.5, 0.6) is 0 Å². The van der Waals surface area contributed by atoms with Crippen molar-refractivity contribution in [2.24, 2.45) is 0 Å². The molecule has 0 radical (unpaired) electrons. The molecule has 2 heterocycles. The van der Waals surface area contributed by atoms with Gasteiger partial charge in [0, 0.05) is 63.4 Å². The van der Waals surface area contributed by atoms with E-state index in [2.05, 4.69) is 11.8 Å². The number of pyridine rings is 1. The molecule has 3 aromatic rings. The van der Waals surface area contributed by atoms with Crippen LogP contribution in [0.25, 0.3) is 23.1 Å². The van der Waals surface area contributed by atoms with E-state index in [4.69, 9.17) is 8.97 Å². The van der Waals surface area contributed by atoms with Gasteiger partial charge < -0.3 is 14.2 Å². The quantitative estimate of drug-likeness (QED) is 0.0877. The molecule has 0 aliphatic carbocycles. The maximum Gasteiger partial charge on any atom is 0.345 e. The van der Waals surface area contributed by atoms with Crippen LogP contribution in [0.1, 0.15) is 75.8 Å². The number of benzene rings is 1. The molecule has 0 saturated carbocycles. The Hall–Kier alpha value is -3.17. The Kier molecular flexibility index (Phi) is 12.4. The molecule has 0 unspecified atom stereocenters. The van der Waals surface area contributed by atoms with Crippen LogP contribution in [-0.2, 0) is 16.7 Å². The van der Waals surface area contributed by atoms with Crippen molar-refractivity contribution in [1.82, 2.24) is 0 Å². The summed E-state index contributed by atoms with van der Waals surface area (Å²) in [7, 11) is 2.01. The predicted molar refractivity (Wildman–Crippen MR) is 169 cm³/mol. The third-order valence-corrected chi connectivity index (χ3v) is 8.13. The maximum absolute atomic E-state index is 13.3. The Morgan fingerprint density at radius 3 is 2.20 bits per heavy atom. The van der Waals surface area contributed by atoms with Gasteiger partial charge in [-0.2, -0.15) is 8.42 Å². The zero-order valence-electron chi connectivity index (χ0n) is 25.0. The van der Waals surface area contributed by atoms with Crippen molar-refractivity contribution >= 4 is 44.6 Å². The van der Waals surface area contributed by atoms with Crippen LogP contribution in [-0.4, -0.2) is 46.4 Å². The number of unbranched alkanes of at least 4 members (excludes halogenated alkanes) is 7. The molecule has 9 heteroatoms. The number of aromatic nitrogens is 1. The van der Waals surface area contributed by atoms with Crippen LogP contribution in [0.4, 0.5) is 11.4 Å². The third-order valence-electron chi connectivity index (χ3n) is 7.32. The van der Waals surface area contributed by atoms with Crippen molar-refractivity contribution in [3.8, 4) is 0 Å². The average Bonchev–Trinajstić information content (AvgIpc) is 2.92. The molecule has 0 fully saturated rings. The highest BCUT2D eigenvalue weighted by Crippen LogP contribution is 2.32. The van der Waals surface area contributed by atoms with Gasteiger partial charge in [-0.3, -0.25) is 4.55 Å². The normalized spacial score (nSPS) is 11.9. The molecule has 0 saturated heterocycles. The van der Waals surface area contributed by atoms with Crippen LogP contribution < -0.4 is 20.0 Å². The summed E-state index contributed by atoms with van der Waals surface area (Å²) in [6.45, 7) is 3.56. The fraction of sp³-hybridized carbons (Fsp3) is 0.500. The average molecular weight is 585 g/mol. The zero-order chi connectivity index (χ0) is 29.8. The minimum Gasteiger partial charge on any atom is -0.422 e. The van der Waals surface area contributed by atoms with Crippen molar-refractivity contribution < 1.29 is 22.0 Å². The van der Waals surface area contributed by atoms with Gasteiger partial charge in [-0.25, -0.2) is 9.36 Å². The summed E-state index contributed by atoms with van der Waals surface area (Å²) in [4.78, 5) is 17.5. The summed E-state index contributed by atoms with van der Waals surface area (Å²) in [5.74, 6) is -0.273. The van der Waals surface area contributed by atoms with Crippen molar-refractivity contribution in [1.29, 1.82) is 0 Å². The van der Waals surface area contributed by atoms with Crippen molar-refractivity contribution in [2.75, 3.05) is 43.2 Å². The summed E-state index contributed by atoms with van der Waals surface area (Å²) < 4.78 is 38.5. The lowest BCUT2D eigenvalue weighted by molar-refractivity contribution is -0.696. The summed E-state index contributed by atoms with van der Waals surface area (Å²) in [6.07, 6.45) is 17.7. The topological polar surface area (TPSA) is 94.9 Å². The van der Waals surface area contributed by atoms with Crippen molar-refractivity contribution in [2.45, 2.75) is 71.3 Å². The zero-order valence-corrected chi connectivity index (χ0v) is 25.8. The number of anilines is 2. The Morgan fingerprint density at radius 1 is 0.902 bits per heavy atom.